The molecule has 3 rings (SSSR count). The van der Waals surface area contributed by atoms with Crippen molar-refractivity contribution in [1.29, 1.82) is 0 Å². The first-order chi connectivity index (χ1) is 9.33. The molecule has 3 heteroatoms. The predicted molar refractivity (Wildman–Crippen MR) is 81.7 cm³/mol. The van der Waals surface area contributed by atoms with Crippen molar-refractivity contribution < 1.29 is 0 Å². The van der Waals surface area contributed by atoms with E-state index in [0.717, 1.165) is 12.2 Å². The lowest BCUT2D eigenvalue weighted by Gasteiger charge is -2.34. The first-order valence-corrected chi connectivity index (χ1v) is 7.69. The minimum Gasteiger partial charge on any atom is -0.399 e. The maximum atomic E-state index is 5.95. The Bertz CT molecular complexity index is 424. The van der Waals surface area contributed by atoms with E-state index in [1.54, 1.807) is 0 Å². The highest BCUT2D eigenvalue weighted by molar-refractivity contribution is 5.62. The van der Waals surface area contributed by atoms with Crippen molar-refractivity contribution in [2.75, 3.05) is 43.4 Å². The van der Waals surface area contributed by atoms with Crippen molar-refractivity contribution in [2.45, 2.75) is 32.1 Å². The summed E-state index contributed by atoms with van der Waals surface area (Å²) < 4.78 is 0. The summed E-state index contributed by atoms with van der Waals surface area (Å²) in [6.45, 7) is 6.12. The molecule has 0 bridgehead atoms. The summed E-state index contributed by atoms with van der Waals surface area (Å²) in [5, 5.41) is 0. The zero-order valence-electron chi connectivity index (χ0n) is 11.8. The van der Waals surface area contributed by atoms with Crippen molar-refractivity contribution in [3.8, 4) is 0 Å². The first-order valence-electron chi connectivity index (χ1n) is 7.69. The Kier molecular flexibility index (Phi) is 3.92. The number of rotatable bonds is 3. The Morgan fingerprint density at radius 2 is 1.79 bits per heavy atom. The highest BCUT2D eigenvalue weighted by Crippen LogP contribution is 2.28. The van der Waals surface area contributed by atoms with Gasteiger partial charge in [-0.3, -0.25) is 0 Å². The molecular formula is C16H25N3. The fraction of sp³-hybridized carbons (Fsp3) is 0.625. The highest BCUT2D eigenvalue weighted by atomic mass is 15.2. The second kappa shape index (κ2) is 5.83. The van der Waals surface area contributed by atoms with E-state index in [1.807, 2.05) is 6.07 Å². The lowest BCUT2D eigenvalue weighted by Crippen LogP contribution is -2.39. The molecule has 0 aromatic heterocycles. The van der Waals surface area contributed by atoms with Crippen molar-refractivity contribution in [1.82, 2.24) is 4.90 Å². The number of nitrogens with two attached hydrogens (primary N) is 1. The van der Waals surface area contributed by atoms with E-state index in [0.29, 0.717) is 0 Å². The van der Waals surface area contributed by atoms with Crippen LogP contribution in [0.1, 0.15) is 31.2 Å². The normalized spacial score (nSPS) is 20.3. The average Bonchev–Trinajstić information content (AvgIpc) is 2.46. The van der Waals surface area contributed by atoms with Gasteiger partial charge in [-0.05, 0) is 56.5 Å². The maximum Gasteiger partial charge on any atom is 0.0419 e. The third kappa shape index (κ3) is 3.03. The summed E-state index contributed by atoms with van der Waals surface area (Å²) in [6.07, 6.45) is 6.65. The molecule has 1 saturated heterocycles. The minimum atomic E-state index is 0.892. The number of nitrogens with zero attached hydrogens (tertiary/aromatic N) is 2. The molecule has 2 aliphatic rings. The van der Waals surface area contributed by atoms with E-state index in [4.69, 9.17) is 5.73 Å². The number of nitrogen functional groups attached to an aromatic ring is 1. The molecule has 2 aliphatic heterocycles. The lowest BCUT2D eigenvalue weighted by molar-refractivity contribution is 0.233. The lowest BCUT2D eigenvalue weighted by atomic mass is 10.0. The number of hydrogen-bond acceptors (Lipinski definition) is 3. The van der Waals surface area contributed by atoms with E-state index in [1.165, 1.54) is 69.5 Å². The Labute approximate surface area is 116 Å². The summed E-state index contributed by atoms with van der Waals surface area (Å²) >= 11 is 0. The number of hydrogen-bond donors (Lipinski definition) is 1. The molecule has 0 radical (unpaired) electrons. The van der Waals surface area contributed by atoms with Gasteiger partial charge in [0.1, 0.15) is 0 Å². The molecule has 0 atom stereocenters. The molecule has 104 valence electrons. The number of likely N-dealkylation sites (tertiary alicyclic amines) is 1. The second-order valence-corrected chi connectivity index (χ2v) is 5.88. The quantitative estimate of drug-likeness (QED) is 0.847. The van der Waals surface area contributed by atoms with Crippen LogP contribution in [0.3, 0.4) is 0 Å². The van der Waals surface area contributed by atoms with Crippen LogP contribution in [-0.4, -0.2) is 37.6 Å². The van der Waals surface area contributed by atoms with Crippen LogP contribution in [0.15, 0.2) is 18.2 Å². The first kappa shape index (κ1) is 12.8. The SMILES string of the molecule is Nc1ccc2c(c1)N(CCN1CCCCC1)CCC2. The van der Waals surface area contributed by atoms with Gasteiger partial charge in [-0.2, -0.15) is 0 Å². The highest BCUT2D eigenvalue weighted by Gasteiger charge is 2.18. The standard InChI is InChI=1S/C16H25N3/c17-15-7-6-14-5-4-10-19(16(14)13-15)12-11-18-8-2-1-3-9-18/h6-7,13H,1-5,8-12,17H2. The van der Waals surface area contributed by atoms with Gasteiger partial charge < -0.3 is 15.5 Å². The maximum absolute atomic E-state index is 5.95. The fourth-order valence-electron chi connectivity index (χ4n) is 3.34. The Balaban J connectivity index is 1.64. The molecule has 0 amide bonds. The summed E-state index contributed by atoms with van der Waals surface area (Å²) in [4.78, 5) is 5.15. The van der Waals surface area contributed by atoms with Crippen molar-refractivity contribution in [3.05, 3.63) is 23.8 Å². The topological polar surface area (TPSA) is 32.5 Å². The van der Waals surface area contributed by atoms with Gasteiger partial charge >= 0.3 is 0 Å². The number of aryl methyl sites for hydroxylation is 1. The molecule has 1 fully saturated rings. The summed E-state index contributed by atoms with van der Waals surface area (Å²) in [5.41, 5.74) is 9.69. The smallest absolute Gasteiger partial charge is 0.0419 e. The Hall–Kier alpha value is -1.22. The molecule has 1 aromatic carbocycles. The molecule has 19 heavy (non-hydrogen) atoms. The van der Waals surface area contributed by atoms with Gasteiger partial charge in [0.15, 0.2) is 0 Å². The molecule has 1 aromatic rings. The van der Waals surface area contributed by atoms with Gasteiger partial charge in [0, 0.05) is 31.0 Å². The van der Waals surface area contributed by atoms with E-state index in [-0.39, 0.29) is 0 Å². The van der Waals surface area contributed by atoms with E-state index in [9.17, 15) is 0 Å². The second-order valence-electron chi connectivity index (χ2n) is 5.88. The zero-order valence-corrected chi connectivity index (χ0v) is 11.8. The molecule has 3 nitrogen and oxygen atoms in total. The molecular weight excluding hydrogens is 234 g/mol. The largest absolute Gasteiger partial charge is 0.399 e. The number of fused-ring (bicyclic) bond motifs is 1. The van der Waals surface area contributed by atoms with Gasteiger partial charge in [0.05, 0.1) is 0 Å². The summed E-state index contributed by atoms with van der Waals surface area (Å²) in [7, 11) is 0. The Morgan fingerprint density at radius 1 is 0.947 bits per heavy atom. The van der Waals surface area contributed by atoms with Gasteiger partial charge in [-0.25, -0.2) is 0 Å². The van der Waals surface area contributed by atoms with Gasteiger partial charge in [0.25, 0.3) is 0 Å². The van der Waals surface area contributed by atoms with Crippen LogP contribution in [0.2, 0.25) is 0 Å². The van der Waals surface area contributed by atoms with E-state index < -0.39 is 0 Å². The minimum absolute atomic E-state index is 0.892. The molecule has 2 N–H and O–H groups in total. The van der Waals surface area contributed by atoms with Gasteiger partial charge in [-0.1, -0.05) is 12.5 Å². The zero-order chi connectivity index (χ0) is 13.1. The predicted octanol–water partition coefficient (Wildman–Crippen LogP) is 2.51. The molecule has 0 saturated carbocycles. The van der Waals surface area contributed by atoms with Gasteiger partial charge in [0.2, 0.25) is 0 Å². The van der Waals surface area contributed by atoms with Crippen LogP contribution in [0.25, 0.3) is 0 Å². The average molecular weight is 259 g/mol. The third-order valence-electron chi connectivity index (χ3n) is 4.46. The number of benzene rings is 1. The summed E-state index contributed by atoms with van der Waals surface area (Å²) in [6, 6.07) is 6.40. The van der Waals surface area contributed by atoms with E-state index >= 15 is 0 Å². The third-order valence-corrected chi connectivity index (χ3v) is 4.46. The van der Waals surface area contributed by atoms with Crippen LogP contribution in [-0.2, 0) is 6.42 Å². The van der Waals surface area contributed by atoms with Crippen LogP contribution in [0.4, 0.5) is 11.4 Å². The molecule has 0 spiro atoms. The van der Waals surface area contributed by atoms with Crippen molar-refractivity contribution in [2.24, 2.45) is 0 Å². The monoisotopic (exact) mass is 259 g/mol. The van der Waals surface area contributed by atoms with Crippen LogP contribution < -0.4 is 10.6 Å². The van der Waals surface area contributed by atoms with Crippen LogP contribution in [0, 0.1) is 0 Å². The van der Waals surface area contributed by atoms with Crippen molar-refractivity contribution in [3.63, 3.8) is 0 Å². The number of piperidine rings is 1. The van der Waals surface area contributed by atoms with Crippen LogP contribution in [0.5, 0.6) is 0 Å². The van der Waals surface area contributed by atoms with Gasteiger partial charge in [-0.15, -0.1) is 0 Å². The summed E-state index contributed by atoms with van der Waals surface area (Å²) in [5.74, 6) is 0. The fourth-order valence-corrected chi connectivity index (χ4v) is 3.34. The van der Waals surface area contributed by atoms with E-state index in [2.05, 4.69) is 21.9 Å². The Morgan fingerprint density at radius 3 is 2.63 bits per heavy atom. The number of anilines is 2. The molecule has 0 aliphatic carbocycles. The van der Waals surface area contributed by atoms with Crippen LogP contribution >= 0.6 is 0 Å². The molecule has 2 heterocycles. The van der Waals surface area contributed by atoms with Crippen molar-refractivity contribution >= 4 is 11.4 Å². The molecule has 0 unspecified atom stereocenters.